The molecular formula is C22H31N3O2. The Hall–Kier alpha value is -2.82. The number of hydrogen-bond acceptors (Lipinski definition) is 5. The highest BCUT2D eigenvalue weighted by Crippen LogP contribution is 2.36. The third kappa shape index (κ3) is 5.84. The number of rotatable bonds is 9. The van der Waals surface area contributed by atoms with E-state index in [0.29, 0.717) is 5.70 Å². The van der Waals surface area contributed by atoms with E-state index < -0.39 is 5.97 Å². The van der Waals surface area contributed by atoms with Gasteiger partial charge in [0.15, 0.2) is 0 Å². The van der Waals surface area contributed by atoms with Gasteiger partial charge in [-0.15, -0.1) is 0 Å². The second kappa shape index (κ2) is 11.0. The number of allylic oxidation sites excluding steroid dienone is 7. The Morgan fingerprint density at radius 3 is 2.59 bits per heavy atom. The van der Waals surface area contributed by atoms with Crippen LogP contribution in [-0.4, -0.2) is 18.8 Å². The number of carbonyl (C=O) groups excluding carboxylic acids is 1. The van der Waals surface area contributed by atoms with Crippen LogP contribution in [0.3, 0.4) is 0 Å². The van der Waals surface area contributed by atoms with Gasteiger partial charge in [-0.2, -0.15) is 0 Å². The number of nitrogens with one attached hydrogen (secondary N) is 2. The number of nitrogens with two attached hydrogens (primary N) is 1. The molecule has 146 valence electrons. The molecule has 0 heterocycles. The molecule has 4 N–H and O–H groups in total. The lowest BCUT2D eigenvalue weighted by Gasteiger charge is -2.14. The van der Waals surface area contributed by atoms with E-state index in [-0.39, 0.29) is 18.0 Å². The molecule has 1 fully saturated rings. The lowest BCUT2D eigenvalue weighted by molar-refractivity contribution is -0.137. The molecule has 5 heteroatoms. The van der Waals surface area contributed by atoms with E-state index in [1.807, 2.05) is 6.08 Å². The third-order valence-corrected chi connectivity index (χ3v) is 4.47. The standard InChI is InChI=1S/C22H31N3O2/c1-6-16-11-10-12-19(16)18(8-3)15(5)13-17(7-2)25-21(24)20(14-23)22(26)27-9-4/h6-7,13-14,23,25H,2,5,8-12,24H2,1,3-4H3/b16-6-,17-13+,19-18+,21-20+,23-14?. The summed E-state index contributed by atoms with van der Waals surface area (Å²) in [4.78, 5) is 11.9. The van der Waals surface area contributed by atoms with Crippen LogP contribution in [0.4, 0.5) is 0 Å². The summed E-state index contributed by atoms with van der Waals surface area (Å²) in [5.41, 5.74) is 11.4. The normalized spacial score (nSPS) is 18.6. The van der Waals surface area contributed by atoms with Gasteiger partial charge in [-0.25, -0.2) is 4.79 Å². The van der Waals surface area contributed by atoms with Gasteiger partial charge >= 0.3 is 5.97 Å². The molecule has 0 amide bonds. The van der Waals surface area contributed by atoms with Gasteiger partial charge in [0.2, 0.25) is 0 Å². The van der Waals surface area contributed by atoms with Crippen molar-refractivity contribution in [1.29, 1.82) is 5.41 Å². The summed E-state index contributed by atoms with van der Waals surface area (Å²) in [7, 11) is 0. The Labute approximate surface area is 162 Å². The van der Waals surface area contributed by atoms with Crippen molar-refractivity contribution >= 4 is 12.2 Å². The van der Waals surface area contributed by atoms with Crippen molar-refractivity contribution in [2.75, 3.05) is 6.61 Å². The van der Waals surface area contributed by atoms with Crippen LogP contribution in [0.25, 0.3) is 0 Å². The van der Waals surface area contributed by atoms with Crippen LogP contribution in [0.15, 0.2) is 70.8 Å². The third-order valence-electron chi connectivity index (χ3n) is 4.47. The molecule has 0 saturated heterocycles. The van der Waals surface area contributed by atoms with E-state index in [0.717, 1.165) is 31.1 Å². The summed E-state index contributed by atoms with van der Waals surface area (Å²) >= 11 is 0. The van der Waals surface area contributed by atoms with Crippen molar-refractivity contribution in [3.8, 4) is 0 Å². The van der Waals surface area contributed by atoms with E-state index in [1.165, 1.54) is 23.1 Å². The van der Waals surface area contributed by atoms with E-state index in [9.17, 15) is 4.79 Å². The predicted molar refractivity (Wildman–Crippen MR) is 112 cm³/mol. The largest absolute Gasteiger partial charge is 0.462 e. The molecule has 0 aromatic carbocycles. The fourth-order valence-corrected chi connectivity index (χ4v) is 3.16. The van der Waals surface area contributed by atoms with Crippen LogP contribution in [-0.2, 0) is 9.53 Å². The first-order valence-electron chi connectivity index (χ1n) is 9.28. The van der Waals surface area contributed by atoms with Crippen molar-refractivity contribution < 1.29 is 9.53 Å². The molecule has 1 saturated carbocycles. The molecule has 0 aromatic heterocycles. The van der Waals surface area contributed by atoms with Crippen LogP contribution in [0, 0.1) is 5.41 Å². The molecule has 27 heavy (non-hydrogen) atoms. The molecule has 0 aliphatic heterocycles. The van der Waals surface area contributed by atoms with Gasteiger partial charge in [0, 0.05) is 11.9 Å². The highest BCUT2D eigenvalue weighted by molar-refractivity contribution is 6.09. The molecule has 0 radical (unpaired) electrons. The summed E-state index contributed by atoms with van der Waals surface area (Å²) in [6, 6.07) is 0. The summed E-state index contributed by atoms with van der Waals surface area (Å²) in [6.07, 6.45) is 10.8. The van der Waals surface area contributed by atoms with Crippen LogP contribution in [0.2, 0.25) is 0 Å². The van der Waals surface area contributed by atoms with Gasteiger partial charge in [0.1, 0.15) is 11.4 Å². The van der Waals surface area contributed by atoms with Crippen molar-refractivity contribution in [3.63, 3.8) is 0 Å². The number of esters is 1. The topological polar surface area (TPSA) is 88.2 Å². The molecule has 0 unspecified atom stereocenters. The van der Waals surface area contributed by atoms with E-state index in [2.05, 4.69) is 38.4 Å². The quantitative estimate of drug-likeness (QED) is 0.243. The Bertz CT molecular complexity index is 737. The second-order valence-electron chi connectivity index (χ2n) is 6.12. The molecule has 0 atom stereocenters. The van der Waals surface area contributed by atoms with Crippen LogP contribution in [0.1, 0.15) is 46.5 Å². The second-order valence-corrected chi connectivity index (χ2v) is 6.12. The summed E-state index contributed by atoms with van der Waals surface area (Å²) < 4.78 is 4.92. The van der Waals surface area contributed by atoms with Crippen molar-refractivity contribution in [1.82, 2.24) is 5.32 Å². The minimum absolute atomic E-state index is 0.0312. The van der Waals surface area contributed by atoms with Gasteiger partial charge < -0.3 is 21.2 Å². The average Bonchev–Trinajstić information content (AvgIpc) is 3.11. The van der Waals surface area contributed by atoms with Crippen LogP contribution >= 0.6 is 0 Å². The Morgan fingerprint density at radius 2 is 2.07 bits per heavy atom. The molecule has 0 aromatic rings. The van der Waals surface area contributed by atoms with Crippen LogP contribution < -0.4 is 11.1 Å². The maximum atomic E-state index is 11.9. The lowest BCUT2D eigenvalue weighted by Crippen LogP contribution is -2.25. The van der Waals surface area contributed by atoms with Gasteiger partial charge in [0.05, 0.1) is 6.61 Å². The molecule has 0 spiro atoms. The molecule has 1 rings (SSSR count). The smallest absolute Gasteiger partial charge is 0.343 e. The van der Waals surface area contributed by atoms with E-state index in [1.54, 1.807) is 13.0 Å². The summed E-state index contributed by atoms with van der Waals surface area (Å²) in [5.74, 6) is -0.595. The molecule has 5 nitrogen and oxygen atoms in total. The monoisotopic (exact) mass is 369 g/mol. The van der Waals surface area contributed by atoms with Gasteiger partial charge in [-0.05, 0) is 74.0 Å². The fraction of sp³-hybridized carbons (Fsp3) is 0.364. The number of hydrogen-bond donors (Lipinski definition) is 3. The number of ether oxygens (including phenoxy) is 1. The van der Waals surface area contributed by atoms with E-state index >= 15 is 0 Å². The van der Waals surface area contributed by atoms with Crippen LogP contribution in [0.5, 0.6) is 0 Å². The summed E-state index contributed by atoms with van der Waals surface area (Å²) in [6.45, 7) is 14.1. The van der Waals surface area contributed by atoms with Gasteiger partial charge in [-0.1, -0.05) is 26.2 Å². The average molecular weight is 370 g/mol. The number of carbonyl (C=O) groups is 1. The van der Waals surface area contributed by atoms with E-state index in [4.69, 9.17) is 15.9 Å². The van der Waals surface area contributed by atoms with Crippen molar-refractivity contribution in [2.45, 2.75) is 46.5 Å². The molecule has 1 aliphatic rings. The first-order valence-corrected chi connectivity index (χ1v) is 9.28. The zero-order valence-corrected chi connectivity index (χ0v) is 16.7. The van der Waals surface area contributed by atoms with Crippen molar-refractivity contribution in [3.05, 3.63) is 70.8 Å². The van der Waals surface area contributed by atoms with Crippen molar-refractivity contribution in [2.24, 2.45) is 5.73 Å². The fourth-order valence-electron chi connectivity index (χ4n) is 3.16. The molecule has 0 bridgehead atoms. The first kappa shape index (κ1) is 22.2. The highest BCUT2D eigenvalue weighted by Gasteiger charge is 2.18. The van der Waals surface area contributed by atoms with Gasteiger partial charge in [-0.3, -0.25) is 0 Å². The first-order chi connectivity index (χ1) is 12.9. The summed E-state index contributed by atoms with van der Waals surface area (Å²) in [5, 5.41) is 10.3. The SMILES string of the molecule is C=C/C(=C\C(=C)/C(CC)=C1\CCC\C1=C\C)N/C(N)=C(\C=N)C(=O)OCC. The Morgan fingerprint density at radius 1 is 1.37 bits per heavy atom. The van der Waals surface area contributed by atoms with Gasteiger partial charge in [0.25, 0.3) is 0 Å². The molecular weight excluding hydrogens is 338 g/mol. The minimum Gasteiger partial charge on any atom is -0.462 e. The maximum absolute atomic E-state index is 11.9. The zero-order valence-electron chi connectivity index (χ0n) is 16.7. The molecule has 1 aliphatic carbocycles. The Kier molecular flexibility index (Phi) is 9.06. The predicted octanol–water partition coefficient (Wildman–Crippen LogP) is 4.42. The zero-order chi connectivity index (χ0) is 20.4. The minimum atomic E-state index is -0.639. The maximum Gasteiger partial charge on any atom is 0.343 e. The highest BCUT2D eigenvalue weighted by atomic mass is 16.5. The Balaban J connectivity index is 3.16. The lowest BCUT2D eigenvalue weighted by atomic mass is 9.94.